The Labute approximate surface area is 109 Å². The van der Waals surface area contributed by atoms with Crippen molar-refractivity contribution < 1.29 is 5.11 Å². The summed E-state index contributed by atoms with van der Waals surface area (Å²) in [5.41, 5.74) is 0.950. The van der Waals surface area contributed by atoms with E-state index in [9.17, 15) is 5.11 Å². The number of rotatable bonds is 6. The second kappa shape index (κ2) is 20.6. The number of allylic oxidation sites excluding steroid dienone is 3. The smallest absolute Gasteiger partial charge is 0.0789 e. The zero-order valence-electron chi connectivity index (χ0n) is 12.7. The van der Waals surface area contributed by atoms with Crippen LogP contribution < -0.4 is 0 Å². The Balaban J connectivity index is -0.000000439. The molecule has 0 amide bonds. The molecule has 0 heterocycles. The molecule has 0 saturated heterocycles. The van der Waals surface area contributed by atoms with Gasteiger partial charge < -0.3 is 5.11 Å². The third-order valence-corrected chi connectivity index (χ3v) is 1.89. The van der Waals surface area contributed by atoms with Crippen LogP contribution in [0.2, 0.25) is 0 Å². The molecule has 1 N–H and O–H groups in total. The number of aliphatic hydroxyl groups excluding tert-OH is 1. The van der Waals surface area contributed by atoms with Crippen LogP contribution in [0.25, 0.3) is 0 Å². The fourth-order valence-electron chi connectivity index (χ4n) is 1.17. The maximum absolute atomic E-state index is 9.73. The van der Waals surface area contributed by atoms with Crippen LogP contribution >= 0.6 is 0 Å². The molecular weight excluding hydrogens is 208 g/mol. The van der Waals surface area contributed by atoms with Crippen molar-refractivity contribution in [2.45, 2.75) is 66.9 Å². The van der Waals surface area contributed by atoms with Crippen LogP contribution in [-0.2, 0) is 0 Å². The molecule has 0 radical (unpaired) electrons. The molecule has 0 fully saturated rings. The van der Waals surface area contributed by atoms with Crippen molar-refractivity contribution in [3.05, 3.63) is 36.5 Å². The molecule has 0 aliphatic heterocycles. The molecule has 0 aliphatic rings. The summed E-state index contributed by atoms with van der Waals surface area (Å²) < 4.78 is 0. The first-order chi connectivity index (χ1) is 8.26. The van der Waals surface area contributed by atoms with Gasteiger partial charge in [0.1, 0.15) is 0 Å². The molecule has 1 heteroatoms. The summed E-state index contributed by atoms with van der Waals surface area (Å²) in [5, 5.41) is 9.73. The minimum absolute atomic E-state index is 0.339. The maximum Gasteiger partial charge on any atom is 0.0789 e. The molecule has 1 nitrogen and oxygen atoms in total. The number of aliphatic hydroxyl groups is 1. The first-order valence-electron chi connectivity index (χ1n) is 6.89. The van der Waals surface area contributed by atoms with Gasteiger partial charge in [0.25, 0.3) is 0 Å². The van der Waals surface area contributed by atoms with Gasteiger partial charge in [0, 0.05) is 0 Å². The maximum atomic E-state index is 9.73. The summed E-state index contributed by atoms with van der Waals surface area (Å²) >= 11 is 0. The van der Waals surface area contributed by atoms with Gasteiger partial charge in [-0.05, 0) is 18.9 Å². The van der Waals surface area contributed by atoms with Crippen molar-refractivity contribution in [1.29, 1.82) is 0 Å². The Morgan fingerprint density at radius 1 is 1.24 bits per heavy atom. The third kappa shape index (κ3) is 15.2. The van der Waals surface area contributed by atoms with Gasteiger partial charge in [-0.25, -0.2) is 0 Å². The largest absolute Gasteiger partial charge is 0.388 e. The predicted molar refractivity (Wildman–Crippen MR) is 81.3 cm³/mol. The number of hydrogen-bond acceptors (Lipinski definition) is 1. The summed E-state index contributed by atoms with van der Waals surface area (Å²) in [6, 6.07) is 0. The van der Waals surface area contributed by atoms with Gasteiger partial charge in [0.15, 0.2) is 0 Å². The molecule has 102 valence electrons. The fraction of sp³-hybridized carbons (Fsp3) is 0.625. The summed E-state index contributed by atoms with van der Waals surface area (Å²) in [6.07, 6.45) is 10.1. The van der Waals surface area contributed by atoms with Crippen molar-refractivity contribution >= 4 is 0 Å². The van der Waals surface area contributed by atoms with E-state index >= 15 is 0 Å². The quantitative estimate of drug-likeness (QED) is 0.626. The van der Waals surface area contributed by atoms with Gasteiger partial charge in [-0.1, -0.05) is 78.3 Å². The van der Waals surface area contributed by atoms with Gasteiger partial charge >= 0.3 is 0 Å². The number of hydrogen-bond donors (Lipinski definition) is 1. The van der Waals surface area contributed by atoms with Crippen LogP contribution in [0.3, 0.4) is 0 Å². The molecule has 0 saturated carbocycles. The molecule has 0 aromatic rings. The van der Waals surface area contributed by atoms with Crippen molar-refractivity contribution in [2.24, 2.45) is 0 Å². The van der Waals surface area contributed by atoms with Crippen LogP contribution in [0.1, 0.15) is 60.8 Å². The highest BCUT2D eigenvalue weighted by Crippen LogP contribution is 2.11. The highest BCUT2D eigenvalue weighted by atomic mass is 16.3. The van der Waals surface area contributed by atoms with Crippen LogP contribution in [0.5, 0.6) is 0 Å². The highest BCUT2D eigenvalue weighted by Gasteiger charge is 2.05. The first kappa shape index (κ1) is 21.5. The van der Waals surface area contributed by atoms with Crippen molar-refractivity contribution in [1.82, 2.24) is 0 Å². The molecule has 0 rings (SSSR count). The normalized spacial score (nSPS) is 12.1. The van der Waals surface area contributed by atoms with Gasteiger partial charge in [-0.3, -0.25) is 0 Å². The zero-order valence-corrected chi connectivity index (χ0v) is 12.7. The highest BCUT2D eigenvalue weighted by molar-refractivity contribution is 5.26. The molecule has 0 aliphatic carbocycles. The average Bonchev–Trinajstić information content (AvgIpc) is 2.40. The fourth-order valence-corrected chi connectivity index (χ4v) is 1.17. The van der Waals surface area contributed by atoms with Crippen LogP contribution in [0.15, 0.2) is 36.5 Å². The SMILES string of the molecule is C=C/C=C(\C=C/C)C(O)CCCC.CC.CC. The Bertz CT molecular complexity index is 190. The monoisotopic (exact) mass is 240 g/mol. The van der Waals surface area contributed by atoms with E-state index in [2.05, 4.69) is 13.5 Å². The van der Waals surface area contributed by atoms with Crippen molar-refractivity contribution in [3.63, 3.8) is 0 Å². The Morgan fingerprint density at radius 2 is 1.76 bits per heavy atom. The minimum atomic E-state index is -0.339. The lowest BCUT2D eigenvalue weighted by Crippen LogP contribution is -2.08. The lowest BCUT2D eigenvalue weighted by atomic mass is 10.0. The molecule has 1 unspecified atom stereocenters. The molecule has 0 aromatic carbocycles. The van der Waals surface area contributed by atoms with E-state index in [0.29, 0.717) is 0 Å². The number of unbranched alkanes of at least 4 members (excludes halogenated alkanes) is 1. The van der Waals surface area contributed by atoms with E-state index in [4.69, 9.17) is 0 Å². The van der Waals surface area contributed by atoms with E-state index in [1.165, 1.54) is 0 Å². The van der Waals surface area contributed by atoms with Crippen LogP contribution in [0.4, 0.5) is 0 Å². The summed E-state index contributed by atoms with van der Waals surface area (Å²) in [6.45, 7) is 15.7. The van der Waals surface area contributed by atoms with Crippen LogP contribution in [0, 0.1) is 0 Å². The van der Waals surface area contributed by atoms with E-state index in [0.717, 1.165) is 24.8 Å². The van der Waals surface area contributed by atoms with Gasteiger partial charge in [0.05, 0.1) is 6.10 Å². The second-order valence-electron chi connectivity index (χ2n) is 3.06. The van der Waals surface area contributed by atoms with Crippen LogP contribution in [-0.4, -0.2) is 11.2 Å². The molecular formula is C16H32O. The van der Waals surface area contributed by atoms with E-state index in [-0.39, 0.29) is 6.10 Å². The molecule has 1 atom stereocenters. The summed E-state index contributed by atoms with van der Waals surface area (Å²) in [4.78, 5) is 0. The molecule has 0 bridgehead atoms. The third-order valence-electron chi connectivity index (χ3n) is 1.89. The van der Waals surface area contributed by atoms with E-state index in [1.54, 1.807) is 6.08 Å². The lowest BCUT2D eigenvalue weighted by molar-refractivity contribution is 0.200. The standard InChI is InChI=1S/C12H20O.2C2H6/c1-4-7-10-12(13)11(8-5-2)9-6-3;2*1-2/h5-6,8-9,12-13H,2,4,7,10H2,1,3H3;2*1-2H3/b9-6-,11-8+;;. The topological polar surface area (TPSA) is 20.2 Å². The van der Waals surface area contributed by atoms with Crippen molar-refractivity contribution in [2.75, 3.05) is 0 Å². The Kier molecular flexibility index (Phi) is 26.0. The lowest BCUT2D eigenvalue weighted by Gasteiger charge is -2.10. The summed E-state index contributed by atoms with van der Waals surface area (Å²) in [5.74, 6) is 0. The predicted octanol–water partition coefficient (Wildman–Crippen LogP) is 5.28. The Hall–Kier alpha value is -0.820. The molecule has 0 spiro atoms. The van der Waals surface area contributed by atoms with Gasteiger partial charge in [-0.15, -0.1) is 0 Å². The first-order valence-corrected chi connectivity index (χ1v) is 6.89. The van der Waals surface area contributed by atoms with Gasteiger partial charge in [-0.2, -0.15) is 0 Å². The molecule has 17 heavy (non-hydrogen) atoms. The van der Waals surface area contributed by atoms with E-state index in [1.807, 2.05) is 52.8 Å². The average molecular weight is 240 g/mol. The van der Waals surface area contributed by atoms with Crippen molar-refractivity contribution in [3.8, 4) is 0 Å². The molecule has 0 aromatic heterocycles. The zero-order chi connectivity index (χ0) is 14.1. The van der Waals surface area contributed by atoms with Gasteiger partial charge in [0.2, 0.25) is 0 Å². The Morgan fingerprint density at radius 3 is 2.12 bits per heavy atom. The second-order valence-corrected chi connectivity index (χ2v) is 3.06. The minimum Gasteiger partial charge on any atom is -0.388 e. The van der Waals surface area contributed by atoms with E-state index < -0.39 is 0 Å². The summed E-state index contributed by atoms with van der Waals surface area (Å²) in [7, 11) is 0.